The molecule has 1 aliphatic heterocycles. The number of likely N-dealkylation sites (tertiary alicyclic amines) is 1. The molecule has 0 spiro atoms. The first-order chi connectivity index (χ1) is 11.3. The molecule has 4 nitrogen and oxygen atoms in total. The van der Waals surface area contributed by atoms with Crippen molar-refractivity contribution in [2.45, 2.75) is 45.6 Å². The molecule has 24 heavy (non-hydrogen) atoms. The number of nitrogens with one attached hydrogen (secondary N) is 1. The zero-order valence-corrected chi connectivity index (χ0v) is 16.6. The van der Waals surface area contributed by atoms with Gasteiger partial charge in [-0.15, -0.1) is 0 Å². The number of hydrogen-bond acceptors (Lipinski definition) is 3. The zero-order valence-electron chi connectivity index (χ0n) is 15.0. The van der Waals surface area contributed by atoms with E-state index in [1.54, 1.807) is 0 Å². The van der Waals surface area contributed by atoms with Gasteiger partial charge in [0, 0.05) is 17.6 Å². The topological polar surface area (TPSA) is 41.6 Å². The maximum absolute atomic E-state index is 12.2. The lowest BCUT2D eigenvalue weighted by Crippen LogP contribution is -2.45. The van der Waals surface area contributed by atoms with Crippen LogP contribution in [0, 0.1) is 5.92 Å². The van der Waals surface area contributed by atoms with Crippen molar-refractivity contribution in [3.05, 3.63) is 34.3 Å². The standard InChI is InChI=1S/C19H29BrN2O2/c1-19(2,3)24-18(23)22-12-4-5-16(14-22)13-21-11-10-15-6-8-17(20)9-7-15/h6-9,16,21H,4-5,10-14H2,1-3H3/t16-/m1/s1. The van der Waals surface area contributed by atoms with Gasteiger partial charge in [0.05, 0.1) is 0 Å². The van der Waals surface area contributed by atoms with Crippen LogP contribution in [-0.2, 0) is 11.2 Å². The van der Waals surface area contributed by atoms with Gasteiger partial charge in [-0.2, -0.15) is 0 Å². The maximum Gasteiger partial charge on any atom is 0.410 e. The second kappa shape index (κ2) is 8.86. The first-order valence-electron chi connectivity index (χ1n) is 8.76. The Morgan fingerprint density at radius 2 is 2.04 bits per heavy atom. The van der Waals surface area contributed by atoms with Crippen molar-refractivity contribution in [2.75, 3.05) is 26.2 Å². The molecule has 1 fully saturated rings. The molecular weight excluding hydrogens is 368 g/mol. The van der Waals surface area contributed by atoms with Crippen molar-refractivity contribution in [1.82, 2.24) is 10.2 Å². The molecule has 1 heterocycles. The molecule has 1 saturated heterocycles. The minimum atomic E-state index is -0.424. The van der Waals surface area contributed by atoms with Crippen LogP contribution < -0.4 is 5.32 Å². The molecule has 1 atom stereocenters. The van der Waals surface area contributed by atoms with E-state index < -0.39 is 5.60 Å². The summed E-state index contributed by atoms with van der Waals surface area (Å²) in [6.45, 7) is 9.26. The van der Waals surface area contributed by atoms with Gasteiger partial charge < -0.3 is 15.0 Å². The van der Waals surface area contributed by atoms with Crippen LogP contribution in [0.2, 0.25) is 0 Å². The smallest absolute Gasteiger partial charge is 0.410 e. The third-order valence-corrected chi connectivity index (χ3v) is 4.64. The predicted octanol–water partition coefficient (Wildman–Crippen LogP) is 4.23. The number of nitrogens with zero attached hydrogens (tertiary/aromatic N) is 1. The van der Waals surface area contributed by atoms with E-state index in [2.05, 4.69) is 45.5 Å². The summed E-state index contributed by atoms with van der Waals surface area (Å²) in [5.74, 6) is 0.510. The largest absolute Gasteiger partial charge is 0.444 e. The second-order valence-corrected chi connectivity index (χ2v) is 8.43. The quantitative estimate of drug-likeness (QED) is 0.757. The number of ether oxygens (including phenoxy) is 1. The van der Waals surface area contributed by atoms with Gasteiger partial charge in [-0.05, 0) is 76.7 Å². The molecule has 2 rings (SSSR count). The third kappa shape index (κ3) is 6.81. The van der Waals surface area contributed by atoms with Crippen molar-refractivity contribution < 1.29 is 9.53 Å². The van der Waals surface area contributed by atoms with Gasteiger partial charge in [-0.1, -0.05) is 28.1 Å². The van der Waals surface area contributed by atoms with Crippen LogP contribution in [0.25, 0.3) is 0 Å². The van der Waals surface area contributed by atoms with Crippen molar-refractivity contribution in [3.63, 3.8) is 0 Å². The van der Waals surface area contributed by atoms with Crippen LogP contribution in [0.15, 0.2) is 28.7 Å². The van der Waals surface area contributed by atoms with Crippen molar-refractivity contribution in [1.29, 1.82) is 0 Å². The summed E-state index contributed by atoms with van der Waals surface area (Å²) >= 11 is 3.46. The molecule has 134 valence electrons. The van der Waals surface area contributed by atoms with Gasteiger partial charge in [0.2, 0.25) is 0 Å². The molecule has 1 aromatic rings. The van der Waals surface area contributed by atoms with E-state index in [0.717, 1.165) is 43.5 Å². The molecule has 0 aliphatic carbocycles. The van der Waals surface area contributed by atoms with Crippen molar-refractivity contribution in [2.24, 2.45) is 5.92 Å². The van der Waals surface area contributed by atoms with Gasteiger partial charge in [0.1, 0.15) is 5.60 Å². The second-order valence-electron chi connectivity index (χ2n) is 7.52. The first kappa shape index (κ1) is 19.3. The minimum Gasteiger partial charge on any atom is -0.444 e. The lowest BCUT2D eigenvalue weighted by Gasteiger charge is -2.34. The number of halogens is 1. The highest BCUT2D eigenvalue weighted by Crippen LogP contribution is 2.19. The molecule has 1 aromatic carbocycles. The zero-order chi connectivity index (χ0) is 17.6. The number of hydrogen-bond donors (Lipinski definition) is 1. The number of piperidine rings is 1. The Labute approximate surface area is 154 Å². The predicted molar refractivity (Wildman–Crippen MR) is 101 cm³/mol. The van der Waals surface area contributed by atoms with Gasteiger partial charge in [-0.3, -0.25) is 0 Å². The third-order valence-electron chi connectivity index (χ3n) is 4.11. The Balaban J connectivity index is 1.69. The monoisotopic (exact) mass is 396 g/mol. The summed E-state index contributed by atoms with van der Waals surface area (Å²) in [7, 11) is 0. The van der Waals surface area contributed by atoms with Gasteiger partial charge >= 0.3 is 6.09 Å². The van der Waals surface area contributed by atoms with Crippen molar-refractivity contribution >= 4 is 22.0 Å². The number of carbonyl (C=O) groups excluding carboxylic acids is 1. The lowest BCUT2D eigenvalue weighted by molar-refractivity contribution is 0.0166. The van der Waals surface area contributed by atoms with Gasteiger partial charge in [0.25, 0.3) is 0 Å². The Hall–Kier alpha value is -1.07. The molecule has 5 heteroatoms. The van der Waals surface area contributed by atoms with E-state index in [9.17, 15) is 4.79 Å². The molecule has 1 aliphatic rings. The molecule has 0 bridgehead atoms. The van der Waals surface area contributed by atoms with Crippen LogP contribution in [0.4, 0.5) is 4.79 Å². The summed E-state index contributed by atoms with van der Waals surface area (Å²) in [5, 5.41) is 3.54. The average Bonchev–Trinajstić information content (AvgIpc) is 2.52. The number of rotatable bonds is 5. The summed E-state index contributed by atoms with van der Waals surface area (Å²) < 4.78 is 6.60. The summed E-state index contributed by atoms with van der Waals surface area (Å²) in [5.41, 5.74) is 0.914. The highest BCUT2D eigenvalue weighted by Gasteiger charge is 2.27. The van der Waals surface area contributed by atoms with E-state index in [1.165, 1.54) is 12.0 Å². The van der Waals surface area contributed by atoms with Crippen LogP contribution in [0.1, 0.15) is 39.2 Å². The fourth-order valence-electron chi connectivity index (χ4n) is 2.91. The molecule has 0 saturated carbocycles. The molecule has 0 aromatic heterocycles. The molecule has 0 unspecified atom stereocenters. The van der Waals surface area contributed by atoms with Gasteiger partial charge in [-0.25, -0.2) is 4.79 Å². The summed E-state index contributed by atoms with van der Waals surface area (Å²) in [4.78, 5) is 14.0. The first-order valence-corrected chi connectivity index (χ1v) is 9.56. The Morgan fingerprint density at radius 3 is 2.71 bits per heavy atom. The Bertz CT molecular complexity index is 525. The summed E-state index contributed by atoms with van der Waals surface area (Å²) in [6, 6.07) is 8.46. The molecule has 1 amide bonds. The van der Waals surface area contributed by atoms with E-state index in [1.807, 2.05) is 25.7 Å². The number of carbonyl (C=O) groups is 1. The van der Waals surface area contributed by atoms with Crippen LogP contribution in [0.5, 0.6) is 0 Å². The van der Waals surface area contributed by atoms with Gasteiger partial charge in [0.15, 0.2) is 0 Å². The number of benzene rings is 1. The van der Waals surface area contributed by atoms with E-state index in [0.29, 0.717) is 5.92 Å². The highest BCUT2D eigenvalue weighted by atomic mass is 79.9. The Morgan fingerprint density at radius 1 is 1.33 bits per heavy atom. The van der Waals surface area contributed by atoms with Crippen LogP contribution in [0.3, 0.4) is 0 Å². The maximum atomic E-state index is 12.2. The highest BCUT2D eigenvalue weighted by molar-refractivity contribution is 9.10. The van der Waals surface area contributed by atoms with Crippen LogP contribution in [-0.4, -0.2) is 42.8 Å². The van der Waals surface area contributed by atoms with E-state index in [-0.39, 0.29) is 6.09 Å². The average molecular weight is 397 g/mol. The SMILES string of the molecule is CC(C)(C)OC(=O)N1CCC[C@H](CNCCc2ccc(Br)cc2)C1. The molecule has 1 N–H and O–H groups in total. The lowest BCUT2D eigenvalue weighted by atomic mass is 9.98. The normalized spacial score (nSPS) is 18.5. The fraction of sp³-hybridized carbons (Fsp3) is 0.632. The van der Waals surface area contributed by atoms with E-state index >= 15 is 0 Å². The van der Waals surface area contributed by atoms with E-state index in [4.69, 9.17) is 4.74 Å². The van der Waals surface area contributed by atoms with Crippen LogP contribution >= 0.6 is 15.9 Å². The molecular formula is C19H29BrN2O2. The fourth-order valence-corrected chi connectivity index (χ4v) is 3.18. The summed E-state index contributed by atoms with van der Waals surface area (Å²) in [6.07, 6.45) is 3.07. The molecule has 0 radical (unpaired) electrons. The number of amides is 1. The van der Waals surface area contributed by atoms with Crippen molar-refractivity contribution in [3.8, 4) is 0 Å². The Kier molecular flexibility index (Phi) is 7.11. The minimum absolute atomic E-state index is 0.179.